The highest BCUT2D eigenvalue weighted by molar-refractivity contribution is 5.71. The highest BCUT2D eigenvalue weighted by Crippen LogP contribution is 2.12. The molecule has 0 amide bonds. The molecule has 0 bridgehead atoms. The first-order valence-electron chi connectivity index (χ1n) is 27.7. The summed E-state index contributed by atoms with van der Waals surface area (Å²) in [6.45, 7) is 6.30. The Morgan fingerprint density at radius 1 is 0.304 bits per heavy atom. The summed E-state index contributed by atoms with van der Waals surface area (Å²) in [5, 5.41) is 0. The summed E-state index contributed by atoms with van der Waals surface area (Å²) in [6.07, 6.45) is 78.8. The Morgan fingerprint density at radius 2 is 0.580 bits per heavy atom. The summed E-state index contributed by atoms with van der Waals surface area (Å²) in [7, 11) is 0. The molecule has 69 heavy (non-hydrogen) atoms. The van der Waals surface area contributed by atoms with Crippen LogP contribution in [0.3, 0.4) is 0 Å². The third-order valence-corrected chi connectivity index (χ3v) is 11.1. The maximum absolute atomic E-state index is 12.8. The molecule has 0 aromatic rings. The van der Waals surface area contributed by atoms with Crippen LogP contribution in [0.25, 0.3) is 0 Å². The van der Waals surface area contributed by atoms with Crippen LogP contribution >= 0.6 is 0 Å². The SMILES string of the molecule is CC/C=C\C/C=C\C/C=C\C/C=C\C/C=C\CCCC(=O)OC(COC(=O)CCCCC/C=C\C/C=C\C/C=C\CC)COC(=O)CCCCCCCC/C=C\C/C=C\C/C=C\CCCCCCC. The van der Waals surface area contributed by atoms with Crippen molar-refractivity contribution in [3.05, 3.63) is 134 Å². The van der Waals surface area contributed by atoms with E-state index in [1.165, 1.54) is 51.4 Å². The van der Waals surface area contributed by atoms with Crippen molar-refractivity contribution in [3.63, 3.8) is 0 Å². The first-order chi connectivity index (χ1) is 34.0. The van der Waals surface area contributed by atoms with Crippen LogP contribution in [0.5, 0.6) is 0 Å². The third-order valence-electron chi connectivity index (χ3n) is 11.1. The Hall–Kier alpha value is -4.45. The van der Waals surface area contributed by atoms with E-state index >= 15 is 0 Å². The molecule has 0 saturated carbocycles. The average molecular weight is 953 g/mol. The number of esters is 3. The van der Waals surface area contributed by atoms with Crippen LogP contribution in [-0.2, 0) is 28.6 Å². The van der Waals surface area contributed by atoms with Gasteiger partial charge in [0, 0.05) is 19.3 Å². The molecule has 0 N–H and O–H groups in total. The molecule has 0 aromatic heterocycles. The van der Waals surface area contributed by atoms with E-state index in [9.17, 15) is 14.4 Å². The average Bonchev–Trinajstić information content (AvgIpc) is 3.35. The van der Waals surface area contributed by atoms with E-state index in [1.807, 2.05) is 0 Å². The van der Waals surface area contributed by atoms with Crippen molar-refractivity contribution in [3.8, 4) is 0 Å². The summed E-state index contributed by atoms with van der Waals surface area (Å²) >= 11 is 0. The van der Waals surface area contributed by atoms with Crippen molar-refractivity contribution < 1.29 is 28.6 Å². The maximum atomic E-state index is 12.8. The molecule has 6 heteroatoms. The van der Waals surface area contributed by atoms with Gasteiger partial charge < -0.3 is 14.2 Å². The molecular weight excluding hydrogens is 853 g/mol. The molecule has 0 fully saturated rings. The fraction of sp³-hybridized carbons (Fsp3) is 0.603. The third kappa shape index (κ3) is 54.4. The van der Waals surface area contributed by atoms with E-state index in [4.69, 9.17) is 14.2 Å². The molecule has 1 atom stereocenters. The van der Waals surface area contributed by atoms with Gasteiger partial charge in [-0.2, -0.15) is 0 Å². The topological polar surface area (TPSA) is 78.9 Å². The van der Waals surface area contributed by atoms with Gasteiger partial charge in [0.2, 0.25) is 0 Å². The predicted molar refractivity (Wildman–Crippen MR) is 297 cm³/mol. The Bertz CT molecular complexity index is 1510. The normalized spacial score (nSPS) is 13.1. The number of unbranched alkanes of at least 4 members (excludes halogenated alkanes) is 15. The lowest BCUT2D eigenvalue weighted by Crippen LogP contribution is -2.30. The fourth-order valence-electron chi connectivity index (χ4n) is 7.03. The van der Waals surface area contributed by atoms with Gasteiger partial charge in [-0.1, -0.05) is 212 Å². The van der Waals surface area contributed by atoms with Crippen LogP contribution in [-0.4, -0.2) is 37.2 Å². The molecule has 0 saturated heterocycles. The minimum Gasteiger partial charge on any atom is -0.462 e. The van der Waals surface area contributed by atoms with E-state index in [2.05, 4.69) is 154 Å². The molecule has 388 valence electrons. The number of rotatable bonds is 48. The number of allylic oxidation sites excluding steroid dienone is 22. The van der Waals surface area contributed by atoms with Crippen LogP contribution in [0.4, 0.5) is 0 Å². The molecule has 0 heterocycles. The Labute approximate surface area is 424 Å². The predicted octanol–water partition coefficient (Wildman–Crippen LogP) is 18.6. The van der Waals surface area contributed by atoms with Crippen molar-refractivity contribution in [2.75, 3.05) is 13.2 Å². The van der Waals surface area contributed by atoms with Gasteiger partial charge in [-0.3, -0.25) is 14.4 Å². The van der Waals surface area contributed by atoms with Gasteiger partial charge >= 0.3 is 17.9 Å². The lowest BCUT2D eigenvalue weighted by Gasteiger charge is -2.18. The van der Waals surface area contributed by atoms with Gasteiger partial charge in [0.15, 0.2) is 6.10 Å². The quantitative estimate of drug-likeness (QED) is 0.0262. The number of hydrogen-bond donors (Lipinski definition) is 0. The second kappa shape index (κ2) is 56.1. The molecule has 0 spiro atoms. The summed E-state index contributed by atoms with van der Waals surface area (Å²) in [6, 6.07) is 0. The van der Waals surface area contributed by atoms with E-state index in [-0.39, 0.29) is 37.5 Å². The minimum absolute atomic E-state index is 0.122. The van der Waals surface area contributed by atoms with Crippen molar-refractivity contribution in [2.24, 2.45) is 0 Å². The molecule has 0 aliphatic heterocycles. The van der Waals surface area contributed by atoms with Crippen LogP contribution in [0, 0.1) is 0 Å². The largest absolute Gasteiger partial charge is 0.462 e. The zero-order valence-corrected chi connectivity index (χ0v) is 44.3. The number of hydrogen-bond acceptors (Lipinski definition) is 6. The lowest BCUT2D eigenvalue weighted by molar-refractivity contribution is -0.167. The van der Waals surface area contributed by atoms with Gasteiger partial charge in [-0.05, 0) is 128 Å². The first-order valence-corrected chi connectivity index (χ1v) is 27.7. The molecule has 6 nitrogen and oxygen atoms in total. The molecule has 0 aromatic carbocycles. The highest BCUT2D eigenvalue weighted by atomic mass is 16.6. The van der Waals surface area contributed by atoms with Crippen LogP contribution < -0.4 is 0 Å². The maximum Gasteiger partial charge on any atom is 0.306 e. The van der Waals surface area contributed by atoms with Crippen molar-refractivity contribution in [2.45, 2.75) is 232 Å². The monoisotopic (exact) mass is 953 g/mol. The smallest absolute Gasteiger partial charge is 0.306 e. The standard InChI is InChI=1S/C63H100O6/c1-4-7-10-13-16-19-22-25-27-29-30-31-32-34-35-38-41-44-47-50-53-56-62(65)68-59-60(58-67-61(64)55-52-49-46-43-40-37-24-21-18-15-12-9-6-3)69-63(66)57-54-51-48-45-42-39-36-33-28-26-23-20-17-14-11-8-5-2/h8-9,11-12,17-18,20-22,25-26,28-30,32,34,36-37,39-40,45,48,60H,4-7,10,13-16,19,23-24,27,31,33,35,38,41-44,46-47,49-59H2,1-3H3/b11-8-,12-9-,20-17-,21-18-,25-22-,28-26-,30-29-,34-32-,39-36-,40-37-,48-45-. The van der Waals surface area contributed by atoms with Gasteiger partial charge in [-0.25, -0.2) is 0 Å². The summed E-state index contributed by atoms with van der Waals surface area (Å²) in [5.74, 6) is -1.03. The first kappa shape index (κ1) is 64.5. The summed E-state index contributed by atoms with van der Waals surface area (Å²) in [4.78, 5) is 38.1. The molecule has 0 aliphatic rings. The number of carbonyl (C=O) groups is 3. The van der Waals surface area contributed by atoms with E-state index in [1.54, 1.807) is 0 Å². The second-order valence-electron chi connectivity index (χ2n) is 17.7. The molecule has 1 unspecified atom stereocenters. The Balaban J connectivity index is 4.53. The number of carbonyl (C=O) groups excluding carboxylic acids is 3. The Morgan fingerprint density at radius 3 is 0.942 bits per heavy atom. The van der Waals surface area contributed by atoms with Crippen LogP contribution in [0.2, 0.25) is 0 Å². The molecular formula is C63H100O6. The van der Waals surface area contributed by atoms with Crippen molar-refractivity contribution >= 4 is 17.9 Å². The fourth-order valence-corrected chi connectivity index (χ4v) is 7.03. The van der Waals surface area contributed by atoms with Crippen molar-refractivity contribution in [1.82, 2.24) is 0 Å². The zero-order valence-electron chi connectivity index (χ0n) is 44.3. The zero-order chi connectivity index (χ0) is 50.0. The number of ether oxygens (including phenoxy) is 3. The van der Waals surface area contributed by atoms with E-state index in [0.29, 0.717) is 19.3 Å². The summed E-state index contributed by atoms with van der Waals surface area (Å²) < 4.78 is 16.7. The second-order valence-corrected chi connectivity index (χ2v) is 17.7. The summed E-state index contributed by atoms with van der Waals surface area (Å²) in [5.41, 5.74) is 0. The van der Waals surface area contributed by atoms with Gasteiger partial charge in [0.25, 0.3) is 0 Å². The van der Waals surface area contributed by atoms with E-state index < -0.39 is 6.10 Å². The minimum atomic E-state index is -0.831. The van der Waals surface area contributed by atoms with E-state index in [0.717, 1.165) is 128 Å². The van der Waals surface area contributed by atoms with Gasteiger partial charge in [0.05, 0.1) is 0 Å². The highest BCUT2D eigenvalue weighted by Gasteiger charge is 2.19. The van der Waals surface area contributed by atoms with Gasteiger partial charge in [0.1, 0.15) is 13.2 Å². The lowest BCUT2D eigenvalue weighted by atomic mass is 10.1. The van der Waals surface area contributed by atoms with Gasteiger partial charge in [-0.15, -0.1) is 0 Å². The van der Waals surface area contributed by atoms with Crippen LogP contribution in [0.15, 0.2) is 134 Å². The Kier molecular flexibility index (Phi) is 52.5. The molecule has 0 rings (SSSR count). The molecule has 0 radical (unpaired) electrons. The van der Waals surface area contributed by atoms with Crippen LogP contribution in [0.1, 0.15) is 226 Å². The van der Waals surface area contributed by atoms with Crippen molar-refractivity contribution in [1.29, 1.82) is 0 Å². The molecule has 0 aliphatic carbocycles.